The molecule has 116 valence electrons. The van der Waals surface area contributed by atoms with Crippen molar-refractivity contribution in [2.75, 3.05) is 20.2 Å². The maximum atomic E-state index is 11.9. The lowest BCUT2D eigenvalue weighted by atomic mass is 10.1. The molecule has 1 atom stereocenters. The molecular formula is C16H23NO4. The van der Waals surface area contributed by atoms with Gasteiger partial charge in [0.15, 0.2) is 0 Å². The fourth-order valence-electron chi connectivity index (χ4n) is 2.05. The predicted molar refractivity (Wildman–Crippen MR) is 80.5 cm³/mol. The molecule has 0 radical (unpaired) electrons. The van der Waals surface area contributed by atoms with Gasteiger partial charge in [0.1, 0.15) is 5.75 Å². The molecule has 1 aromatic rings. The Hall–Kier alpha value is -2.04. The minimum atomic E-state index is -0.902. The molecule has 5 nitrogen and oxygen atoms in total. The Morgan fingerprint density at radius 3 is 2.33 bits per heavy atom. The van der Waals surface area contributed by atoms with Crippen LogP contribution in [0.15, 0.2) is 18.2 Å². The number of aryl methyl sites for hydroxylation is 2. The largest absolute Gasteiger partial charge is 0.493 e. The molecule has 0 saturated carbocycles. The van der Waals surface area contributed by atoms with Crippen LogP contribution in [-0.4, -0.2) is 42.1 Å². The highest BCUT2D eigenvalue weighted by Gasteiger charge is 2.17. The number of benzene rings is 1. The van der Waals surface area contributed by atoms with Crippen LogP contribution in [0.5, 0.6) is 5.75 Å². The summed E-state index contributed by atoms with van der Waals surface area (Å²) in [5.41, 5.74) is 2.23. The van der Waals surface area contributed by atoms with Crippen molar-refractivity contribution in [3.8, 4) is 5.75 Å². The minimum absolute atomic E-state index is 0.118. The summed E-state index contributed by atoms with van der Waals surface area (Å²) >= 11 is 0. The van der Waals surface area contributed by atoms with Gasteiger partial charge in [-0.2, -0.15) is 0 Å². The van der Waals surface area contributed by atoms with E-state index in [0.717, 1.165) is 16.9 Å². The molecule has 1 amide bonds. The number of carboxylic acid groups (broad SMARTS) is 1. The van der Waals surface area contributed by atoms with E-state index in [1.54, 1.807) is 14.0 Å². The third kappa shape index (κ3) is 5.85. The Labute approximate surface area is 125 Å². The normalized spacial score (nSPS) is 11.8. The summed E-state index contributed by atoms with van der Waals surface area (Å²) < 4.78 is 5.58. The van der Waals surface area contributed by atoms with Crippen molar-refractivity contribution in [2.45, 2.75) is 27.2 Å². The first-order chi connectivity index (χ1) is 9.79. The summed E-state index contributed by atoms with van der Waals surface area (Å²) in [6.45, 7) is 6.06. The zero-order valence-electron chi connectivity index (χ0n) is 13.0. The van der Waals surface area contributed by atoms with Crippen LogP contribution in [-0.2, 0) is 9.59 Å². The van der Waals surface area contributed by atoms with Crippen molar-refractivity contribution in [3.63, 3.8) is 0 Å². The van der Waals surface area contributed by atoms with Gasteiger partial charge in [0.25, 0.3) is 0 Å². The molecule has 1 aromatic carbocycles. The number of nitrogens with zero attached hydrogens (tertiary/aromatic N) is 1. The Balaban J connectivity index is 2.41. The number of carbonyl (C=O) groups excluding carboxylic acids is 1. The summed E-state index contributed by atoms with van der Waals surface area (Å²) in [4.78, 5) is 24.1. The van der Waals surface area contributed by atoms with Crippen LogP contribution < -0.4 is 4.74 Å². The fraction of sp³-hybridized carbons (Fsp3) is 0.500. The smallest absolute Gasteiger partial charge is 0.308 e. The van der Waals surface area contributed by atoms with Gasteiger partial charge >= 0.3 is 5.97 Å². The minimum Gasteiger partial charge on any atom is -0.493 e. The fourth-order valence-corrected chi connectivity index (χ4v) is 2.05. The van der Waals surface area contributed by atoms with E-state index in [1.807, 2.05) is 26.0 Å². The van der Waals surface area contributed by atoms with E-state index in [1.165, 1.54) is 4.90 Å². The Morgan fingerprint density at radius 2 is 1.81 bits per heavy atom. The van der Waals surface area contributed by atoms with E-state index in [0.29, 0.717) is 0 Å². The first-order valence-electron chi connectivity index (χ1n) is 6.97. The van der Waals surface area contributed by atoms with Crippen molar-refractivity contribution < 1.29 is 19.4 Å². The second kappa shape index (κ2) is 7.67. The van der Waals surface area contributed by atoms with Gasteiger partial charge in [0.05, 0.1) is 18.9 Å². The molecule has 0 spiro atoms. The highest BCUT2D eigenvalue weighted by Crippen LogP contribution is 2.16. The molecule has 0 aliphatic heterocycles. The average molecular weight is 293 g/mol. The topological polar surface area (TPSA) is 66.8 Å². The summed E-state index contributed by atoms with van der Waals surface area (Å²) in [6.07, 6.45) is 0.232. The molecule has 0 aromatic heterocycles. The highest BCUT2D eigenvalue weighted by molar-refractivity contribution is 5.77. The molecule has 0 fully saturated rings. The number of aliphatic carboxylic acids is 1. The van der Waals surface area contributed by atoms with Crippen molar-refractivity contribution in [1.82, 2.24) is 4.90 Å². The lowest BCUT2D eigenvalue weighted by molar-refractivity contribution is -0.142. The molecule has 0 saturated heterocycles. The number of carbonyl (C=O) groups is 2. The molecule has 5 heteroatoms. The van der Waals surface area contributed by atoms with Gasteiger partial charge in [-0.15, -0.1) is 0 Å². The van der Waals surface area contributed by atoms with Gasteiger partial charge in [0, 0.05) is 13.6 Å². The number of ether oxygens (including phenoxy) is 1. The molecule has 1 unspecified atom stereocenters. The molecule has 0 bridgehead atoms. The van der Waals surface area contributed by atoms with Crippen molar-refractivity contribution in [3.05, 3.63) is 29.3 Å². The third-order valence-electron chi connectivity index (χ3n) is 3.17. The zero-order chi connectivity index (χ0) is 16.0. The van der Waals surface area contributed by atoms with E-state index in [9.17, 15) is 9.59 Å². The number of carboxylic acids is 1. The molecule has 1 rings (SSSR count). The number of rotatable bonds is 7. The van der Waals surface area contributed by atoms with Gasteiger partial charge in [-0.3, -0.25) is 9.59 Å². The molecule has 0 heterocycles. The molecule has 0 aliphatic carbocycles. The first-order valence-corrected chi connectivity index (χ1v) is 6.97. The lowest BCUT2D eigenvalue weighted by Crippen LogP contribution is -2.34. The van der Waals surface area contributed by atoms with E-state index in [2.05, 4.69) is 6.07 Å². The van der Waals surface area contributed by atoms with E-state index < -0.39 is 11.9 Å². The highest BCUT2D eigenvalue weighted by atomic mass is 16.5. The van der Waals surface area contributed by atoms with Crippen LogP contribution in [0.25, 0.3) is 0 Å². The summed E-state index contributed by atoms with van der Waals surface area (Å²) in [6, 6.07) is 5.90. The summed E-state index contributed by atoms with van der Waals surface area (Å²) in [5.74, 6) is -0.838. The average Bonchev–Trinajstić information content (AvgIpc) is 2.37. The molecule has 21 heavy (non-hydrogen) atoms. The predicted octanol–water partition coefficient (Wildman–Crippen LogP) is 2.25. The number of hydrogen-bond acceptors (Lipinski definition) is 3. The maximum absolute atomic E-state index is 11.9. The monoisotopic (exact) mass is 293 g/mol. The second-order valence-corrected chi connectivity index (χ2v) is 5.44. The van der Waals surface area contributed by atoms with Crippen LogP contribution in [0.2, 0.25) is 0 Å². The van der Waals surface area contributed by atoms with Crippen LogP contribution in [0, 0.1) is 19.8 Å². The van der Waals surface area contributed by atoms with Gasteiger partial charge in [0.2, 0.25) is 5.91 Å². The van der Waals surface area contributed by atoms with E-state index in [-0.39, 0.29) is 25.5 Å². The van der Waals surface area contributed by atoms with Crippen molar-refractivity contribution >= 4 is 11.9 Å². The van der Waals surface area contributed by atoms with Crippen LogP contribution >= 0.6 is 0 Å². The van der Waals surface area contributed by atoms with Crippen molar-refractivity contribution in [2.24, 2.45) is 5.92 Å². The van der Waals surface area contributed by atoms with Gasteiger partial charge < -0.3 is 14.7 Å². The Kier molecular flexibility index (Phi) is 6.21. The third-order valence-corrected chi connectivity index (χ3v) is 3.17. The molecule has 1 N–H and O–H groups in total. The van der Waals surface area contributed by atoms with Crippen molar-refractivity contribution in [1.29, 1.82) is 0 Å². The van der Waals surface area contributed by atoms with Crippen LogP contribution in [0.1, 0.15) is 24.5 Å². The van der Waals surface area contributed by atoms with Gasteiger partial charge in [-0.1, -0.05) is 13.0 Å². The van der Waals surface area contributed by atoms with E-state index >= 15 is 0 Å². The first kappa shape index (κ1) is 17.0. The maximum Gasteiger partial charge on any atom is 0.308 e. The van der Waals surface area contributed by atoms with Crippen LogP contribution in [0.4, 0.5) is 0 Å². The summed E-state index contributed by atoms with van der Waals surface area (Å²) in [7, 11) is 1.61. The quantitative estimate of drug-likeness (QED) is 0.837. The zero-order valence-corrected chi connectivity index (χ0v) is 13.0. The Bertz CT molecular complexity index is 493. The second-order valence-electron chi connectivity index (χ2n) is 5.44. The number of hydrogen-bond donors (Lipinski definition) is 1. The van der Waals surface area contributed by atoms with Gasteiger partial charge in [-0.05, 0) is 37.1 Å². The number of amides is 1. The molecule has 0 aliphatic rings. The molecular weight excluding hydrogens is 270 g/mol. The SMILES string of the molecule is Cc1cc(C)cc(OCCC(=O)N(C)CC(C)C(=O)O)c1. The standard InChI is InChI=1S/C16H23NO4/c1-11-7-12(2)9-14(8-11)21-6-5-15(18)17(4)10-13(3)16(19)20/h7-9,13H,5-6,10H2,1-4H3,(H,19,20). The van der Waals surface area contributed by atoms with E-state index in [4.69, 9.17) is 9.84 Å². The summed E-state index contributed by atoms with van der Waals surface area (Å²) in [5, 5.41) is 8.83. The van der Waals surface area contributed by atoms with Crippen LogP contribution in [0.3, 0.4) is 0 Å². The Morgan fingerprint density at radius 1 is 1.24 bits per heavy atom. The van der Waals surface area contributed by atoms with Gasteiger partial charge in [-0.25, -0.2) is 0 Å². The lowest BCUT2D eigenvalue weighted by Gasteiger charge is -2.19.